The van der Waals surface area contributed by atoms with Crippen LogP contribution in [-0.2, 0) is 6.42 Å². The molecular weight excluding hydrogens is 533 g/mol. The fraction of sp³-hybridized carbons (Fsp3) is 0.531. The Bertz CT molecular complexity index is 1320. The minimum absolute atomic E-state index is 0.251. The number of likely N-dealkylation sites (tertiary alicyclic amines) is 1. The zero-order chi connectivity index (χ0) is 29.5. The molecule has 2 aliphatic heterocycles. The van der Waals surface area contributed by atoms with Crippen molar-refractivity contribution in [3.63, 3.8) is 0 Å². The number of nitrogens with one attached hydrogen (secondary N) is 1. The molecule has 3 aliphatic rings. The molecule has 0 saturated carbocycles. The summed E-state index contributed by atoms with van der Waals surface area (Å²) < 4.78 is 14.7. The topological polar surface area (TPSA) is 115 Å². The maximum Gasteiger partial charge on any atom is 0.169 e. The zero-order valence-electron chi connectivity index (χ0n) is 24.5. The fourth-order valence-electron chi connectivity index (χ4n) is 6.14. The van der Waals surface area contributed by atoms with E-state index in [2.05, 4.69) is 36.5 Å². The van der Waals surface area contributed by atoms with E-state index in [4.69, 9.17) is 15.7 Å². The molecule has 3 heterocycles. The number of nitriles is 1. The molecule has 218 valence electrons. The van der Waals surface area contributed by atoms with Gasteiger partial charge in [-0.1, -0.05) is 31.7 Å². The molecule has 3 unspecified atom stereocenters. The summed E-state index contributed by atoms with van der Waals surface area (Å²) in [5.41, 5.74) is 9.07. The number of hydrogen-bond acceptors (Lipinski definition) is 8. The first kappa shape index (κ1) is 30.9. The summed E-state index contributed by atoms with van der Waals surface area (Å²) in [5.74, 6) is 0.0708. The first-order valence-electron chi connectivity index (χ1n) is 14.7. The van der Waals surface area contributed by atoms with Crippen molar-refractivity contribution in [2.75, 3.05) is 13.6 Å². The van der Waals surface area contributed by atoms with Crippen LogP contribution < -0.4 is 5.73 Å². The molecule has 0 amide bonds. The summed E-state index contributed by atoms with van der Waals surface area (Å²) in [4.78, 5) is 17.7. The molecule has 4 atom stereocenters. The average Bonchev–Trinajstić information content (AvgIpc) is 3.54. The Morgan fingerprint density at radius 3 is 2.85 bits per heavy atom. The minimum Gasteiger partial charge on any atom is -0.399 e. The Balaban J connectivity index is 1.71. The third kappa shape index (κ3) is 7.22. The second-order valence-corrected chi connectivity index (χ2v) is 12.4. The lowest BCUT2D eigenvalue weighted by molar-refractivity contribution is 0.296. The summed E-state index contributed by atoms with van der Waals surface area (Å²) in [6.07, 6.45) is 13.1. The van der Waals surface area contributed by atoms with Crippen LogP contribution in [0, 0.1) is 28.6 Å². The van der Waals surface area contributed by atoms with E-state index in [9.17, 15) is 15.1 Å². The first-order chi connectivity index (χ1) is 19.8. The fourth-order valence-corrected chi connectivity index (χ4v) is 7.42. The summed E-state index contributed by atoms with van der Waals surface area (Å²) in [5, 5.41) is 19.1. The van der Waals surface area contributed by atoms with Crippen LogP contribution in [0.3, 0.4) is 0 Å². The number of aliphatic imine (C=N–C) groups is 1. The smallest absolute Gasteiger partial charge is 0.169 e. The number of halogens is 1. The van der Waals surface area contributed by atoms with Crippen LogP contribution in [0.15, 0.2) is 51.5 Å². The Morgan fingerprint density at radius 1 is 1.37 bits per heavy atom. The number of rotatable bonds is 11. The molecule has 1 fully saturated rings. The van der Waals surface area contributed by atoms with Crippen LogP contribution in [0.4, 0.5) is 10.2 Å². The summed E-state index contributed by atoms with van der Waals surface area (Å²) in [6, 6.07) is 4.66. The van der Waals surface area contributed by atoms with E-state index >= 15 is 0 Å². The van der Waals surface area contributed by atoms with Gasteiger partial charge in [-0.2, -0.15) is 5.26 Å². The number of alkyl halides is 1. The second-order valence-electron chi connectivity index (χ2n) is 11.2. The molecule has 0 radical (unpaired) electrons. The highest BCUT2D eigenvalue weighted by atomic mass is 32.2. The molecule has 1 saturated heterocycles. The minimum atomic E-state index is -1.25. The molecular formula is C32H42FN7S. The van der Waals surface area contributed by atoms with Crippen LogP contribution >= 0.6 is 11.8 Å². The van der Waals surface area contributed by atoms with Gasteiger partial charge in [0.05, 0.1) is 6.07 Å². The van der Waals surface area contributed by atoms with Gasteiger partial charge in [-0.3, -0.25) is 0 Å². The first-order valence-corrected chi connectivity index (χ1v) is 15.6. The van der Waals surface area contributed by atoms with Gasteiger partial charge in [-0.15, -0.1) is 0 Å². The molecule has 9 heteroatoms. The van der Waals surface area contributed by atoms with Gasteiger partial charge in [-0.25, -0.2) is 19.4 Å². The third-order valence-corrected chi connectivity index (χ3v) is 9.65. The van der Waals surface area contributed by atoms with Crippen molar-refractivity contribution in [1.29, 1.82) is 10.7 Å². The summed E-state index contributed by atoms with van der Waals surface area (Å²) in [7, 11) is 2.18. The van der Waals surface area contributed by atoms with E-state index in [0.29, 0.717) is 35.5 Å². The van der Waals surface area contributed by atoms with Gasteiger partial charge in [0, 0.05) is 41.3 Å². The number of hydrogen-bond donors (Lipinski definition) is 2. The quantitative estimate of drug-likeness (QED) is 0.216. The van der Waals surface area contributed by atoms with E-state index in [1.165, 1.54) is 24.6 Å². The lowest BCUT2D eigenvalue weighted by Gasteiger charge is -2.28. The van der Waals surface area contributed by atoms with Gasteiger partial charge in [0.1, 0.15) is 5.92 Å². The third-order valence-electron chi connectivity index (χ3n) is 8.43. The van der Waals surface area contributed by atoms with Gasteiger partial charge in [0.15, 0.2) is 17.1 Å². The van der Waals surface area contributed by atoms with Crippen LogP contribution in [0.1, 0.15) is 76.7 Å². The molecule has 4 rings (SSSR count). The van der Waals surface area contributed by atoms with Crippen molar-refractivity contribution < 1.29 is 4.39 Å². The Labute approximate surface area is 248 Å². The van der Waals surface area contributed by atoms with E-state index < -0.39 is 11.4 Å². The van der Waals surface area contributed by atoms with E-state index in [0.717, 1.165) is 72.4 Å². The van der Waals surface area contributed by atoms with Gasteiger partial charge in [0.25, 0.3) is 0 Å². The van der Waals surface area contributed by atoms with Crippen molar-refractivity contribution in [2.24, 2.45) is 22.6 Å². The highest BCUT2D eigenvalue weighted by Gasteiger charge is 2.43. The Morgan fingerprint density at radius 2 is 2.17 bits per heavy atom. The maximum absolute atomic E-state index is 14.7. The largest absolute Gasteiger partial charge is 0.399 e. The molecule has 0 bridgehead atoms. The van der Waals surface area contributed by atoms with Gasteiger partial charge in [-0.05, 0) is 106 Å². The lowest BCUT2D eigenvalue weighted by Crippen LogP contribution is -2.26. The van der Waals surface area contributed by atoms with Crippen molar-refractivity contribution in [3.8, 4) is 6.07 Å². The lowest BCUT2D eigenvalue weighted by atomic mass is 9.75. The van der Waals surface area contributed by atoms with E-state index in [-0.39, 0.29) is 5.92 Å². The number of nitrogens with two attached hydrogens (primary N) is 1. The van der Waals surface area contributed by atoms with Gasteiger partial charge < -0.3 is 16.0 Å². The van der Waals surface area contributed by atoms with Crippen molar-refractivity contribution in [3.05, 3.63) is 58.1 Å². The van der Waals surface area contributed by atoms with Crippen molar-refractivity contribution >= 4 is 35.1 Å². The zero-order valence-corrected chi connectivity index (χ0v) is 25.3. The van der Waals surface area contributed by atoms with Crippen LogP contribution in [0.25, 0.3) is 5.57 Å². The highest BCUT2D eigenvalue weighted by Crippen LogP contribution is 2.52. The predicted octanol–water partition coefficient (Wildman–Crippen LogP) is 7.06. The number of aryl methyl sites for hydroxylation is 1. The SMILES string of the molecule is C=CC(N)=CC=Nc1cc(CC[C@@H]2CCCN2C)nc(/C(C)=C(\CCC)C(=N)C2CCCC3=C2C(C#N)C(F)S3)n1. The normalized spacial score (nSPS) is 25.8. The molecule has 3 N–H and O–H groups in total. The van der Waals surface area contributed by atoms with Crippen molar-refractivity contribution in [2.45, 2.75) is 83.2 Å². The molecule has 0 aromatic carbocycles. The van der Waals surface area contributed by atoms with E-state index in [1.807, 2.05) is 13.0 Å². The molecule has 1 aromatic rings. The number of nitrogens with zero attached hydrogens (tertiary/aromatic N) is 5. The Hall–Kier alpha value is -3.09. The molecule has 0 spiro atoms. The average molecular weight is 576 g/mol. The molecule has 1 aliphatic carbocycles. The highest BCUT2D eigenvalue weighted by molar-refractivity contribution is 8.03. The van der Waals surface area contributed by atoms with Crippen molar-refractivity contribution in [1.82, 2.24) is 14.9 Å². The molecule has 7 nitrogen and oxygen atoms in total. The maximum atomic E-state index is 14.7. The number of thioether (sulfide) groups is 1. The summed E-state index contributed by atoms with van der Waals surface area (Å²) in [6.45, 7) is 8.88. The second kappa shape index (κ2) is 14.2. The van der Waals surface area contributed by atoms with Gasteiger partial charge in [0.2, 0.25) is 0 Å². The number of aromatic nitrogens is 2. The van der Waals surface area contributed by atoms with E-state index in [1.54, 1.807) is 18.4 Å². The van der Waals surface area contributed by atoms with Gasteiger partial charge >= 0.3 is 0 Å². The molecule has 41 heavy (non-hydrogen) atoms. The van der Waals surface area contributed by atoms with Crippen LogP contribution in [0.5, 0.6) is 0 Å². The number of allylic oxidation sites excluding steroid dienone is 6. The molecule has 1 aromatic heterocycles. The standard InChI is InChI=1S/C32H42FN7S/c1-5-9-24(30(36)25-11-7-12-27-29(25)26(19-34)31(33)41-27)20(3)32-38-22(13-14-23-10-8-17-40(23)4)18-28(39-32)37-16-15-21(35)6-2/h6,15-16,18,23,25-26,31,36H,2,5,7-14,17,35H2,1,3-4H3/b21-15?,24-20+,36-30?,37-16?/t23-,25?,26?,31?/m0/s1. The Kier molecular flexibility index (Phi) is 10.7. The summed E-state index contributed by atoms with van der Waals surface area (Å²) >= 11 is 1.18. The predicted molar refractivity (Wildman–Crippen MR) is 168 cm³/mol. The monoisotopic (exact) mass is 575 g/mol. The van der Waals surface area contributed by atoms with Crippen LogP contribution in [0.2, 0.25) is 0 Å². The van der Waals surface area contributed by atoms with Crippen LogP contribution in [-0.4, -0.2) is 51.9 Å².